The number of amides is 1. The monoisotopic (exact) mass is 354 g/mol. The molecule has 2 heterocycles. The Hall–Kier alpha value is -2.07. The second kappa shape index (κ2) is 4.71. The van der Waals surface area contributed by atoms with E-state index in [-0.39, 0.29) is 5.91 Å². The molecule has 0 N–H and O–H groups in total. The van der Waals surface area contributed by atoms with Gasteiger partial charge in [-0.15, -0.1) is 0 Å². The number of rotatable bonds is 1. The molecule has 110 valence electrons. The summed E-state index contributed by atoms with van der Waals surface area (Å²) < 4.78 is 3.10. The van der Waals surface area contributed by atoms with Crippen molar-refractivity contribution in [2.24, 2.45) is 7.05 Å². The van der Waals surface area contributed by atoms with Gasteiger partial charge in [-0.05, 0) is 48.9 Å². The van der Waals surface area contributed by atoms with Crippen molar-refractivity contribution in [3.63, 3.8) is 0 Å². The summed E-state index contributed by atoms with van der Waals surface area (Å²) in [6, 6.07) is 14.3. The first kappa shape index (κ1) is 13.6. The zero-order chi connectivity index (χ0) is 15.4. The summed E-state index contributed by atoms with van der Waals surface area (Å²) in [6.07, 6.45) is 0. The SMILES string of the molecule is Cc1cc2cc(N3Cc4ccc(Br)cc4C3=O)ccc2n1C. The third-order valence-electron chi connectivity index (χ3n) is 4.45. The van der Waals surface area contributed by atoms with E-state index in [4.69, 9.17) is 0 Å². The number of aromatic nitrogens is 1. The summed E-state index contributed by atoms with van der Waals surface area (Å²) in [4.78, 5) is 14.5. The first-order valence-corrected chi connectivity index (χ1v) is 8.00. The molecule has 1 aliphatic rings. The van der Waals surface area contributed by atoms with Crippen molar-refractivity contribution in [2.45, 2.75) is 13.5 Å². The fourth-order valence-corrected chi connectivity index (χ4v) is 3.49. The van der Waals surface area contributed by atoms with Gasteiger partial charge in [-0.3, -0.25) is 4.79 Å². The normalized spacial score (nSPS) is 14.0. The second-order valence-corrected chi connectivity index (χ2v) is 6.70. The zero-order valence-electron chi connectivity index (χ0n) is 12.4. The molecule has 1 amide bonds. The van der Waals surface area contributed by atoms with Crippen LogP contribution >= 0.6 is 15.9 Å². The topological polar surface area (TPSA) is 25.2 Å². The predicted octanol–water partition coefficient (Wildman–Crippen LogP) is 4.41. The Balaban J connectivity index is 1.79. The van der Waals surface area contributed by atoms with Crippen LogP contribution in [0.4, 0.5) is 5.69 Å². The third kappa shape index (κ3) is 1.91. The molecule has 0 spiro atoms. The number of anilines is 1. The highest BCUT2D eigenvalue weighted by molar-refractivity contribution is 9.10. The minimum atomic E-state index is 0.0725. The Kier molecular flexibility index (Phi) is 2.91. The number of halogens is 1. The molecule has 0 radical (unpaired) electrons. The van der Waals surface area contributed by atoms with Gasteiger partial charge in [0.25, 0.3) is 5.91 Å². The fourth-order valence-electron chi connectivity index (χ4n) is 3.12. The Labute approximate surface area is 137 Å². The van der Waals surface area contributed by atoms with Crippen LogP contribution in [-0.2, 0) is 13.6 Å². The van der Waals surface area contributed by atoms with Gasteiger partial charge in [0.15, 0.2) is 0 Å². The van der Waals surface area contributed by atoms with Gasteiger partial charge in [-0.1, -0.05) is 22.0 Å². The first-order valence-electron chi connectivity index (χ1n) is 7.21. The highest BCUT2D eigenvalue weighted by Gasteiger charge is 2.28. The Morgan fingerprint density at radius 1 is 1.09 bits per heavy atom. The molecule has 0 atom stereocenters. The lowest BCUT2D eigenvalue weighted by Crippen LogP contribution is -2.22. The van der Waals surface area contributed by atoms with Crippen molar-refractivity contribution >= 4 is 38.4 Å². The van der Waals surface area contributed by atoms with Crippen LogP contribution in [-0.4, -0.2) is 10.5 Å². The molecule has 0 unspecified atom stereocenters. The van der Waals surface area contributed by atoms with Gasteiger partial charge in [0.1, 0.15) is 0 Å². The average molecular weight is 355 g/mol. The van der Waals surface area contributed by atoms with Gasteiger partial charge in [0, 0.05) is 39.4 Å². The number of hydrogen-bond donors (Lipinski definition) is 0. The predicted molar refractivity (Wildman–Crippen MR) is 92.3 cm³/mol. The van der Waals surface area contributed by atoms with Crippen molar-refractivity contribution in [3.05, 3.63) is 63.8 Å². The Morgan fingerprint density at radius 2 is 1.91 bits per heavy atom. The van der Waals surface area contributed by atoms with Crippen LogP contribution in [0.3, 0.4) is 0 Å². The molecule has 22 heavy (non-hydrogen) atoms. The maximum Gasteiger partial charge on any atom is 0.258 e. The minimum Gasteiger partial charge on any atom is -0.348 e. The van der Waals surface area contributed by atoms with E-state index in [1.54, 1.807) is 0 Å². The summed E-state index contributed by atoms with van der Waals surface area (Å²) in [7, 11) is 2.06. The standard InChI is InChI=1S/C18H15BrN2O/c1-11-7-13-8-15(5-6-17(13)20(11)2)21-10-12-3-4-14(19)9-16(12)18(21)22/h3-9H,10H2,1-2H3. The molecule has 1 aromatic heterocycles. The van der Waals surface area contributed by atoms with E-state index in [0.29, 0.717) is 6.54 Å². The second-order valence-electron chi connectivity index (χ2n) is 5.78. The van der Waals surface area contributed by atoms with Gasteiger partial charge in [-0.25, -0.2) is 0 Å². The molecule has 0 saturated carbocycles. The first-order chi connectivity index (χ1) is 10.5. The van der Waals surface area contributed by atoms with Crippen molar-refractivity contribution in [1.29, 1.82) is 0 Å². The molecular weight excluding hydrogens is 340 g/mol. The van der Waals surface area contributed by atoms with Crippen LogP contribution in [0.15, 0.2) is 46.9 Å². The highest BCUT2D eigenvalue weighted by Crippen LogP contribution is 2.32. The average Bonchev–Trinajstić information content (AvgIpc) is 2.97. The number of benzene rings is 2. The van der Waals surface area contributed by atoms with E-state index in [1.165, 1.54) is 16.6 Å². The molecule has 0 aliphatic carbocycles. The Morgan fingerprint density at radius 3 is 2.73 bits per heavy atom. The van der Waals surface area contributed by atoms with Crippen molar-refractivity contribution < 1.29 is 4.79 Å². The van der Waals surface area contributed by atoms with Crippen LogP contribution in [0.2, 0.25) is 0 Å². The maximum absolute atomic E-state index is 12.7. The third-order valence-corrected chi connectivity index (χ3v) is 4.95. The van der Waals surface area contributed by atoms with Gasteiger partial charge in [-0.2, -0.15) is 0 Å². The van der Waals surface area contributed by atoms with Crippen molar-refractivity contribution in [1.82, 2.24) is 4.57 Å². The lowest BCUT2D eigenvalue weighted by molar-refractivity contribution is 0.0996. The summed E-state index contributed by atoms with van der Waals surface area (Å²) in [6.45, 7) is 2.73. The van der Waals surface area contributed by atoms with Gasteiger partial charge >= 0.3 is 0 Å². The number of nitrogens with zero attached hydrogens (tertiary/aromatic N) is 2. The molecule has 0 fully saturated rings. The number of aryl methyl sites for hydroxylation is 2. The Bertz CT molecular complexity index is 926. The number of fused-ring (bicyclic) bond motifs is 2. The van der Waals surface area contributed by atoms with E-state index < -0.39 is 0 Å². The van der Waals surface area contributed by atoms with Crippen LogP contribution in [0.1, 0.15) is 21.6 Å². The number of carbonyl (C=O) groups excluding carboxylic acids is 1. The van der Waals surface area contributed by atoms with Crippen LogP contribution in [0, 0.1) is 6.92 Å². The molecule has 3 aromatic rings. The molecule has 0 saturated heterocycles. The highest BCUT2D eigenvalue weighted by atomic mass is 79.9. The molecular formula is C18H15BrN2O. The lowest BCUT2D eigenvalue weighted by atomic mass is 10.1. The molecule has 2 aromatic carbocycles. The fraction of sp³-hybridized carbons (Fsp3) is 0.167. The van der Waals surface area contributed by atoms with Crippen LogP contribution < -0.4 is 4.90 Å². The molecule has 1 aliphatic heterocycles. The lowest BCUT2D eigenvalue weighted by Gasteiger charge is -2.16. The zero-order valence-corrected chi connectivity index (χ0v) is 14.0. The summed E-state index contributed by atoms with van der Waals surface area (Å²) >= 11 is 3.44. The molecule has 0 bridgehead atoms. The van der Waals surface area contributed by atoms with Crippen molar-refractivity contribution in [3.8, 4) is 0 Å². The smallest absolute Gasteiger partial charge is 0.258 e. The van der Waals surface area contributed by atoms with Gasteiger partial charge in [0.2, 0.25) is 0 Å². The van der Waals surface area contributed by atoms with E-state index in [1.807, 2.05) is 29.2 Å². The summed E-state index contributed by atoms with van der Waals surface area (Å²) in [5.74, 6) is 0.0725. The molecule has 4 heteroatoms. The maximum atomic E-state index is 12.7. The van der Waals surface area contributed by atoms with E-state index in [0.717, 1.165) is 21.3 Å². The number of carbonyl (C=O) groups is 1. The van der Waals surface area contributed by atoms with Crippen molar-refractivity contribution in [2.75, 3.05) is 4.90 Å². The largest absolute Gasteiger partial charge is 0.348 e. The molecule has 3 nitrogen and oxygen atoms in total. The minimum absolute atomic E-state index is 0.0725. The summed E-state index contributed by atoms with van der Waals surface area (Å²) in [5, 5.41) is 1.17. The van der Waals surface area contributed by atoms with E-state index in [9.17, 15) is 4.79 Å². The summed E-state index contributed by atoms with van der Waals surface area (Å²) in [5.41, 5.74) is 5.23. The van der Waals surface area contributed by atoms with Crippen LogP contribution in [0.25, 0.3) is 10.9 Å². The van der Waals surface area contributed by atoms with E-state index >= 15 is 0 Å². The van der Waals surface area contributed by atoms with E-state index in [2.05, 4.69) is 52.7 Å². The number of hydrogen-bond acceptors (Lipinski definition) is 1. The quantitative estimate of drug-likeness (QED) is 0.635. The van der Waals surface area contributed by atoms with Gasteiger partial charge in [0.05, 0.1) is 6.54 Å². The molecule has 4 rings (SSSR count). The van der Waals surface area contributed by atoms with Gasteiger partial charge < -0.3 is 9.47 Å². The van der Waals surface area contributed by atoms with Crippen LogP contribution in [0.5, 0.6) is 0 Å².